The van der Waals surface area contributed by atoms with Gasteiger partial charge in [-0.25, -0.2) is 9.78 Å². The topological polar surface area (TPSA) is 121 Å². The van der Waals surface area contributed by atoms with Gasteiger partial charge in [0.15, 0.2) is 11.7 Å². The Kier molecular flexibility index (Phi) is 7.48. The number of hydrogen-bond donors (Lipinski definition) is 3. The molecule has 0 aliphatic carbocycles. The van der Waals surface area contributed by atoms with Crippen molar-refractivity contribution in [2.45, 2.75) is 39.2 Å². The number of carbonyl (C=O) groups excluding carboxylic acids is 1. The largest absolute Gasteiger partial charge is 0.461 e. The third-order valence-electron chi connectivity index (χ3n) is 4.60. The van der Waals surface area contributed by atoms with E-state index in [1.165, 1.54) is 0 Å². The summed E-state index contributed by atoms with van der Waals surface area (Å²) in [5.41, 5.74) is 0. The maximum atomic E-state index is 11.8. The summed E-state index contributed by atoms with van der Waals surface area (Å²) in [6.07, 6.45) is 3.73. The molecule has 29 heavy (non-hydrogen) atoms. The molecule has 1 aliphatic rings. The highest BCUT2D eigenvalue weighted by molar-refractivity contribution is 5.80. The van der Waals surface area contributed by atoms with Crippen LogP contribution in [0.25, 0.3) is 11.6 Å². The van der Waals surface area contributed by atoms with Gasteiger partial charge in [-0.15, -0.1) is 0 Å². The average molecular weight is 403 g/mol. The van der Waals surface area contributed by atoms with Gasteiger partial charge in [0.05, 0.1) is 12.9 Å². The zero-order chi connectivity index (χ0) is 20.5. The van der Waals surface area contributed by atoms with Crippen molar-refractivity contribution in [3.05, 3.63) is 24.2 Å². The van der Waals surface area contributed by atoms with Gasteiger partial charge in [0.25, 0.3) is 0 Å². The number of carbonyl (C=O) groups is 1. The fourth-order valence-electron chi connectivity index (χ4n) is 3.13. The van der Waals surface area contributed by atoms with Crippen molar-refractivity contribution in [2.24, 2.45) is 4.99 Å². The fraction of sp³-hybridized carbons (Fsp3) is 0.579. The van der Waals surface area contributed by atoms with Gasteiger partial charge in [-0.1, -0.05) is 0 Å². The second-order valence-electron chi connectivity index (χ2n) is 6.70. The molecule has 1 aliphatic heterocycles. The van der Waals surface area contributed by atoms with E-state index in [1.54, 1.807) is 17.2 Å². The van der Waals surface area contributed by atoms with E-state index in [9.17, 15) is 4.79 Å². The van der Waals surface area contributed by atoms with E-state index in [0.29, 0.717) is 44.2 Å². The van der Waals surface area contributed by atoms with Gasteiger partial charge in [-0.2, -0.15) is 5.10 Å². The number of hydrogen-bond acceptors (Lipinski definition) is 6. The molecule has 1 amide bonds. The minimum atomic E-state index is -0.229. The second kappa shape index (κ2) is 10.5. The number of rotatable bonds is 7. The number of H-pyrrole nitrogens is 1. The molecule has 3 heterocycles. The molecule has 10 nitrogen and oxygen atoms in total. The SMILES string of the molecule is CCNC(=NCCc1nc(-c2ccco2)n[nH]1)NC1CCN(C(=O)OCC)CC1. The number of aliphatic imine (C=N–C) groups is 1. The Morgan fingerprint density at radius 3 is 2.93 bits per heavy atom. The minimum Gasteiger partial charge on any atom is -0.461 e. The van der Waals surface area contributed by atoms with Gasteiger partial charge in [0.2, 0.25) is 5.82 Å². The van der Waals surface area contributed by atoms with Crippen LogP contribution in [-0.4, -0.2) is 71.0 Å². The zero-order valence-electron chi connectivity index (χ0n) is 17.0. The van der Waals surface area contributed by atoms with E-state index >= 15 is 0 Å². The number of nitrogens with one attached hydrogen (secondary N) is 3. The molecule has 3 N–H and O–H groups in total. The predicted octanol–water partition coefficient (Wildman–Crippen LogP) is 1.78. The highest BCUT2D eigenvalue weighted by Crippen LogP contribution is 2.14. The van der Waals surface area contributed by atoms with Crippen LogP contribution in [-0.2, 0) is 11.2 Å². The summed E-state index contributed by atoms with van der Waals surface area (Å²) in [7, 11) is 0. The quantitative estimate of drug-likeness (QED) is 0.476. The Morgan fingerprint density at radius 1 is 1.41 bits per heavy atom. The standard InChI is InChI=1S/C19H29N7O3/c1-3-20-18(22-14-8-11-26(12-9-14)19(27)28-4-2)21-10-7-16-23-17(25-24-16)15-6-5-13-29-15/h5-6,13-14H,3-4,7-12H2,1-2H3,(H2,20,21,22)(H,23,24,25). The summed E-state index contributed by atoms with van der Waals surface area (Å²) >= 11 is 0. The van der Waals surface area contributed by atoms with E-state index < -0.39 is 0 Å². The first-order valence-electron chi connectivity index (χ1n) is 10.1. The number of aromatic amines is 1. The normalized spacial score (nSPS) is 15.4. The summed E-state index contributed by atoms with van der Waals surface area (Å²) < 4.78 is 10.4. The van der Waals surface area contributed by atoms with Crippen molar-refractivity contribution in [1.82, 2.24) is 30.7 Å². The van der Waals surface area contributed by atoms with E-state index in [2.05, 4.69) is 30.8 Å². The van der Waals surface area contributed by atoms with Crippen molar-refractivity contribution < 1.29 is 13.9 Å². The molecular formula is C19H29N7O3. The predicted molar refractivity (Wildman–Crippen MR) is 109 cm³/mol. The number of furan rings is 1. The Morgan fingerprint density at radius 2 is 2.24 bits per heavy atom. The van der Waals surface area contributed by atoms with Crippen molar-refractivity contribution in [2.75, 3.05) is 32.8 Å². The number of piperidine rings is 1. The molecule has 158 valence electrons. The lowest BCUT2D eigenvalue weighted by Gasteiger charge is -2.32. The van der Waals surface area contributed by atoms with Gasteiger partial charge in [-0.05, 0) is 38.8 Å². The van der Waals surface area contributed by atoms with E-state index in [0.717, 1.165) is 31.2 Å². The monoisotopic (exact) mass is 403 g/mol. The molecule has 0 spiro atoms. The van der Waals surface area contributed by atoms with Crippen LogP contribution in [0.2, 0.25) is 0 Å². The van der Waals surface area contributed by atoms with Crippen LogP contribution in [0.15, 0.2) is 27.8 Å². The molecule has 0 aromatic carbocycles. The van der Waals surface area contributed by atoms with E-state index in [4.69, 9.17) is 9.15 Å². The second-order valence-corrected chi connectivity index (χ2v) is 6.70. The van der Waals surface area contributed by atoms with Crippen molar-refractivity contribution in [3.8, 4) is 11.6 Å². The molecule has 2 aromatic heterocycles. The fourth-order valence-corrected chi connectivity index (χ4v) is 3.13. The van der Waals surface area contributed by atoms with Gasteiger partial charge in [0.1, 0.15) is 5.82 Å². The third-order valence-corrected chi connectivity index (χ3v) is 4.60. The number of likely N-dealkylation sites (tertiary alicyclic amines) is 1. The summed E-state index contributed by atoms with van der Waals surface area (Å²) in [6, 6.07) is 3.90. The average Bonchev–Trinajstić information content (AvgIpc) is 3.41. The first-order valence-corrected chi connectivity index (χ1v) is 10.1. The van der Waals surface area contributed by atoms with Crippen LogP contribution in [0.4, 0.5) is 4.79 Å². The van der Waals surface area contributed by atoms with Crippen LogP contribution < -0.4 is 10.6 Å². The van der Waals surface area contributed by atoms with Crippen LogP contribution in [0.3, 0.4) is 0 Å². The molecule has 0 bridgehead atoms. The number of amides is 1. The molecule has 0 unspecified atom stereocenters. The number of nitrogens with zero attached hydrogens (tertiary/aromatic N) is 4. The number of aromatic nitrogens is 3. The van der Waals surface area contributed by atoms with Gasteiger partial charge < -0.3 is 24.7 Å². The number of guanidine groups is 1. The van der Waals surface area contributed by atoms with Crippen LogP contribution in [0, 0.1) is 0 Å². The molecule has 0 radical (unpaired) electrons. The Balaban J connectivity index is 1.47. The van der Waals surface area contributed by atoms with E-state index in [-0.39, 0.29) is 12.1 Å². The van der Waals surface area contributed by atoms with Crippen molar-refractivity contribution >= 4 is 12.1 Å². The Bertz CT molecular complexity index is 780. The van der Waals surface area contributed by atoms with E-state index in [1.807, 2.05) is 19.9 Å². The third kappa shape index (κ3) is 5.97. The first kappa shape index (κ1) is 20.7. The molecule has 0 saturated carbocycles. The molecule has 0 atom stereocenters. The molecular weight excluding hydrogens is 374 g/mol. The molecule has 10 heteroatoms. The summed E-state index contributed by atoms with van der Waals surface area (Å²) in [6.45, 7) is 6.98. The number of ether oxygens (including phenoxy) is 1. The molecule has 3 rings (SSSR count). The first-order chi connectivity index (χ1) is 14.2. The highest BCUT2D eigenvalue weighted by Gasteiger charge is 2.24. The van der Waals surface area contributed by atoms with Crippen LogP contribution in [0.5, 0.6) is 0 Å². The van der Waals surface area contributed by atoms with Crippen molar-refractivity contribution in [3.63, 3.8) is 0 Å². The molecule has 1 saturated heterocycles. The lowest BCUT2D eigenvalue weighted by Crippen LogP contribution is -2.50. The summed E-state index contributed by atoms with van der Waals surface area (Å²) in [4.78, 5) is 22.6. The van der Waals surface area contributed by atoms with Gasteiger partial charge in [0, 0.05) is 38.6 Å². The lowest BCUT2D eigenvalue weighted by molar-refractivity contribution is 0.0963. The maximum absolute atomic E-state index is 11.8. The molecule has 1 fully saturated rings. The van der Waals surface area contributed by atoms with Crippen LogP contribution in [0.1, 0.15) is 32.5 Å². The Labute approximate surface area is 170 Å². The lowest BCUT2D eigenvalue weighted by atomic mass is 10.1. The summed E-state index contributed by atoms with van der Waals surface area (Å²) in [5, 5.41) is 13.8. The van der Waals surface area contributed by atoms with Gasteiger partial charge >= 0.3 is 6.09 Å². The smallest absolute Gasteiger partial charge is 0.409 e. The minimum absolute atomic E-state index is 0.229. The Hall–Kier alpha value is -3.04. The summed E-state index contributed by atoms with van der Waals surface area (Å²) in [5.74, 6) is 2.72. The van der Waals surface area contributed by atoms with Crippen molar-refractivity contribution in [1.29, 1.82) is 0 Å². The highest BCUT2D eigenvalue weighted by atomic mass is 16.6. The van der Waals surface area contributed by atoms with Gasteiger partial charge in [-0.3, -0.25) is 10.1 Å². The zero-order valence-corrected chi connectivity index (χ0v) is 17.0. The maximum Gasteiger partial charge on any atom is 0.409 e. The van der Waals surface area contributed by atoms with Crippen LogP contribution >= 0.6 is 0 Å². The molecule has 2 aromatic rings.